The van der Waals surface area contributed by atoms with Gasteiger partial charge in [-0.3, -0.25) is 9.59 Å². The number of alkyl halides is 3. The van der Waals surface area contributed by atoms with Crippen LogP contribution in [-0.2, 0) is 33.4 Å². The number of rotatable bonds is 8. The number of carboxylic acids is 1. The lowest BCUT2D eigenvalue weighted by atomic mass is 10.0. The van der Waals surface area contributed by atoms with Crippen LogP contribution in [0.1, 0.15) is 23.6 Å². The van der Waals surface area contributed by atoms with E-state index in [9.17, 15) is 37.1 Å². The van der Waals surface area contributed by atoms with Crippen LogP contribution in [0, 0.1) is 5.82 Å². The summed E-state index contributed by atoms with van der Waals surface area (Å²) >= 11 is 0. The highest BCUT2D eigenvalue weighted by molar-refractivity contribution is 5.90. The number of carbonyl (C=O) groups excluding carboxylic acids is 2. The Balaban J connectivity index is 2.18. The molecule has 0 spiro atoms. The highest BCUT2D eigenvalue weighted by Gasteiger charge is 2.31. The van der Waals surface area contributed by atoms with Gasteiger partial charge >= 0.3 is 12.1 Å². The second-order valence-corrected chi connectivity index (χ2v) is 6.89. The van der Waals surface area contributed by atoms with Gasteiger partial charge in [0.1, 0.15) is 17.9 Å². The van der Waals surface area contributed by atoms with Crippen LogP contribution in [0.5, 0.6) is 0 Å². The van der Waals surface area contributed by atoms with Crippen LogP contribution in [0.25, 0.3) is 0 Å². The molecule has 0 aliphatic heterocycles. The van der Waals surface area contributed by atoms with E-state index in [1.54, 1.807) is 0 Å². The monoisotopic (exact) mass is 440 g/mol. The first-order valence-electron chi connectivity index (χ1n) is 9.16. The van der Waals surface area contributed by atoms with E-state index < -0.39 is 53.8 Å². The van der Waals surface area contributed by atoms with Gasteiger partial charge in [0, 0.05) is 19.8 Å². The summed E-state index contributed by atoms with van der Waals surface area (Å²) in [6.45, 7) is 1.16. The topological polar surface area (TPSA) is 95.5 Å². The summed E-state index contributed by atoms with van der Waals surface area (Å²) in [6, 6.07) is 6.68. The van der Waals surface area contributed by atoms with Crippen LogP contribution >= 0.6 is 0 Å². The molecule has 0 unspecified atom stereocenters. The fourth-order valence-electron chi connectivity index (χ4n) is 2.94. The quantitative estimate of drug-likeness (QED) is 0.550. The lowest BCUT2D eigenvalue weighted by Gasteiger charge is -2.21. The van der Waals surface area contributed by atoms with Gasteiger partial charge in [-0.05, 0) is 29.3 Å². The van der Waals surface area contributed by atoms with Gasteiger partial charge < -0.3 is 15.7 Å². The number of hydrogen-bond acceptors (Lipinski definition) is 3. The summed E-state index contributed by atoms with van der Waals surface area (Å²) in [5.41, 5.74) is -0.495. The Morgan fingerprint density at radius 3 is 2.06 bits per heavy atom. The van der Waals surface area contributed by atoms with Crippen LogP contribution in [0.4, 0.5) is 17.6 Å². The maximum Gasteiger partial charge on any atom is 0.416 e. The summed E-state index contributed by atoms with van der Waals surface area (Å²) in [7, 11) is 0. The molecular formula is C21H20F4N2O4. The Labute approximate surface area is 175 Å². The number of hydrogen-bond donors (Lipinski definition) is 3. The van der Waals surface area contributed by atoms with E-state index in [2.05, 4.69) is 10.6 Å². The van der Waals surface area contributed by atoms with Gasteiger partial charge in [-0.15, -0.1) is 0 Å². The Hall–Kier alpha value is -3.43. The molecule has 31 heavy (non-hydrogen) atoms. The Bertz CT molecular complexity index is 962. The first-order valence-corrected chi connectivity index (χ1v) is 9.16. The third kappa shape index (κ3) is 7.40. The molecule has 2 amide bonds. The van der Waals surface area contributed by atoms with Crippen LogP contribution in [0.3, 0.4) is 0 Å². The fourth-order valence-corrected chi connectivity index (χ4v) is 2.94. The normalized spacial score (nSPS) is 13.2. The van der Waals surface area contributed by atoms with Gasteiger partial charge in [0.25, 0.3) is 0 Å². The van der Waals surface area contributed by atoms with Crippen molar-refractivity contribution in [2.45, 2.75) is 38.0 Å². The molecular weight excluding hydrogens is 420 g/mol. The van der Waals surface area contributed by atoms with Crippen molar-refractivity contribution in [1.29, 1.82) is 0 Å². The Morgan fingerprint density at radius 1 is 0.935 bits per heavy atom. The fraction of sp³-hybridized carbons (Fsp3) is 0.286. The summed E-state index contributed by atoms with van der Waals surface area (Å²) < 4.78 is 52.1. The van der Waals surface area contributed by atoms with E-state index in [0.717, 1.165) is 25.1 Å². The first kappa shape index (κ1) is 23.8. The molecule has 0 saturated heterocycles. The molecule has 0 aromatic heterocycles. The zero-order chi connectivity index (χ0) is 23.2. The molecule has 2 atom stereocenters. The minimum absolute atomic E-state index is 0.0590. The molecule has 0 heterocycles. The first-order chi connectivity index (χ1) is 14.5. The molecule has 2 aromatic carbocycles. The number of carbonyl (C=O) groups is 3. The average Bonchev–Trinajstić information content (AvgIpc) is 2.66. The predicted molar refractivity (Wildman–Crippen MR) is 102 cm³/mol. The van der Waals surface area contributed by atoms with Crippen molar-refractivity contribution < 1.29 is 37.1 Å². The molecule has 0 aliphatic carbocycles. The van der Waals surface area contributed by atoms with Gasteiger partial charge in [-0.25, -0.2) is 9.18 Å². The molecule has 0 saturated carbocycles. The van der Waals surface area contributed by atoms with Crippen LogP contribution in [-0.4, -0.2) is 35.0 Å². The van der Waals surface area contributed by atoms with Gasteiger partial charge in [-0.1, -0.05) is 30.3 Å². The van der Waals surface area contributed by atoms with E-state index in [-0.39, 0.29) is 12.0 Å². The van der Waals surface area contributed by atoms with Gasteiger partial charge in [0.15, 0.2) is 0 Å². The van der Waals surface area contributed by atoms with Crippen LogP contribution < -0.4 is 10.6 Å². The summed E-state index contributed by atoms with van der Waals surface area (Å²) in [5.74, 6) is -3.44. The van der Waals surface area contributed by atoms with Crippen molar-refractivity contribution in [3.05, 3.63) is 71.0 Å². The maximum atomic E-state index is 13.4. The van der Waals surface area contributed by atoms with Crippen molar-refractivity contribution >= 4 is 17.8 Å². The molecule has 2 aromatic rings. The minimum Gasteiger partial charge on any atom is -0.480 e. The molecule has 0 fully saturated rings. The van der Waals surface area contributed by atoms with Crippen LogP contribution in [0.2, 0.25) is 0 Å². The van der Waals surface area contributed by atoms with Gasteiger partial charge in [0.2, 0.25) is 11.8 Å². The number of nitrogens with one attached hydrogen (secondary N) is 2. The zero-order valence-corrected chi connectivity index (χ0v) is 16.4. The molecule has 166 valence electrons. The van der Waals surface area contributed by atoms with Crippen molar-refractivity contribution in [1.82, 2.24) is 10.6 Å². The Kier molecular flexibility index (Phi) is 7.73. The zero-order valence-electron chi connectivity index (χ0n) is 16.4. The van der Waals surface area contributed by atoms with Crippen molar-refractivity contribution in [2.75, 3.05) is 0 Å². The molecule has 6 nitrogen and oxygen atoms in total. The maximum absolute atomic E-state index is 13.4. The standard InChI is InChI=1S/C21H20F4N2O4/c1-12(28)26-17(10-14-5-3-7-16(22)9-14)19(29)27-18(20(30)31)11-13-4-2-6-15(8-13)21(23,24)25/h2-9,17-18H,10-11H2,1H3,(H,26,28)(H,27,29)(H,30,31)/t17-,18+/m0/s1. The summed E-state index contributed by atoms with van der Waals surface area (Å²) in [6.07, 6.45) is -5.11. The second-order valence-electron chi connectivity index (χ2n) is 6.89. The van der Waals surface area contributed by atoms with E-state index in [4.69, 9.17) is 0 Å². The van der Waals surface area contributed by atoms with Crippen LogP contribution in [0.15, 0.2) is 48.5 Å². The molecule has 10 heteroatoms. The SMILES string of the molecule is CC(=O)N[C@@H](Cc1cccc(F)c1)C(=O)N[C@H](Cc1cccc(C(F)(F)F)c1)C(=O)O. The molecule has 0 aliphatic rings. The highest BCUT2D eigenvalue weighted by atomic mass is 19.4. The largest absolute Gasteiger partial charge is 0.480 e. The molecule has 2 rings (SSSR count). The predicted octanol–water partition coefficient (Wildman–Crippen LogP) is 2.70. The third-order valence-electron chi connectivity index (χ3n) is 4.33. The van der Waals surface area contributed by atoms with Gasteiger partial charge in [0.05, 0.1) is 5.56 Å². The summed E-state index contributed by atoms with van der Waals surface area (Å²) in [4.78, 5) is 35.7. The number of benzene rings is 2. The molecule has 0 radical (unpaired) electrons. The highest BCUT2D eigenvalue weighted by Crippen LogP contribution is 2.29. The number of amides is 2. The van der Waals surface area contributed by atoms with Crippen molar-refractivity contribution in [2.24, 2.45) is 0 Å². The molecule has 0 bridgehead atoms. The van der Waals surface area contributed by atoms with E-state index in [1.165, 1.54) is 30.3 Å². The van der Waals surface area contributed by atoms with Crippen molar-refractivity contribution in [3.8, 4) is 0 Å². The second kappa shape index (κ2) is 10.1. The van der Waals surface area contributed by atoms with E-state index in [0.29, 0.717) is 5.56 Å². The smallest absolute Gasteiger partial charge is 0.416 e. The van der Waals surface area contributed by atoms with E-state index >= 15 is 0 Å². The number of aliphatic carboxylic acids is 1. The van der Waals surface area contributed by atoms with Gasteiger partial charge in [-0.2, -0.15) is 13.2 Å². The summed E-state index contributed by atoms with van der Waals surface area (Å²) in [5, 5.41) is 14.0. The lowest BCUT2D eigenvalue weighted by molar-refractivity contribution is -0.142. The lowest BCUT2D eigenvalue weighted by Crippen LogP contribution is -2.52. The van der Waals surface area contributed by atoms with E-state index in [1.807, 2.05) is 0 Å². The number of halogens is 4. The average molecular weight is 440 g/mol. The Morgan fingerprint density at radius 2 is 1.52 bits per heavy atom. The number of carboxylic acid groups (broad SMARTS) is 1. The third-order valence-corrected chi connectivity index (χ3v) is 4.33. The minimum atomic E-state index is -4.60. The van der Waals surface area contributed by atoms with Crippen molar-refractivity contribution in [3.63, 3.8) is 0 Å². The molecule has 3 N–H and O–H groups in total.